The minimum Gasteiger partial charge on any atom is -0.355 e. The second-order valence-corrected chi connectivity index (χ2v) is 7.27. The monoisotopic (exact) mass is 379 g/mol. The molecule has 1 fully saturated rings. The van der Waals surface area contributed by atoms with Crippen molar-refractivity contribution in [2.75, 3.05) is 23.3 Å². The summed E-state index contributed by atoms with van der Waals surface area (Å²) < 4.78 is 0. The van der Waals surface area contributed by atoms with Crippen LogP contribution in [0.2, 0.25) is 5.02 Å². The van der Waals surface area contributed by atoms with Crippen molar-refractivity contribution in [2.24, 2.45) is 5.92 Å². The molecule has 1 N–H and O–H groups in total. The second-order valence-electron chi connectivity index (χ2n) is 6.86. The minimum absolute atomic E-state index is 0.465. The molecule has 4 rings (SSSR count). The third-order valence-electron chi connectivity index (χ3n) is 4.97. The first kappa shape index (κ1) is 17.7. The van der Waals surface area contributed by atoms with Crippen LogP contribution in [0.15, 0.2) is 60.8 Å². The van der Waals surface area contributed by atoms with Gasteiger partial charge in [-0.1, -0.05) is 54.1 Å². The van der Waals surface area contributed by atoms with Gasteiger partial charge in [0.25, 0.3) is 0 Å². The molecule has 138 valence electrons. The molecule has 0 bridgehead atoms. The van der Waals surface area contributed by atoms with Gasteiger partial charge in [-0.3, -0.25) is 0 Å². The lowest BCUT2D eigenvalue weighted by Gasteiger charge is -2.32. The van der Waals surface area contributed by atoms with Gasteiger partial charge < -0.3 is 10.2 Å². The highest BCUT2D eigenvalue weighted by Crippen LogP contribution is 2.26. The van der Waals surface area contributed by atoms with Gasteiger partial charge in [-0.15, -0.1) is 5.10 Å². The number of benzene rings is 2. The van der Waals surface area contributed by atoms with E-state index < -0.39 is 0 Å². The molecule has 0 radical (unpaired) electrons. The van der Waals surface area contributed by atoms with Gasteiger partial charge in [-0.25, -0.2) is 0 Å². The lowest BCUT2D eigenvalue weighted by atomic mass is 9.90. The van der Waals surface area contributed by atoms with E-state index in [9.17, 15) is 0 Å². The van der Waals surface area contributed by atoms with Crippen LogP contribution in [-0.2, 0) is 6.42 Å². The molecule has 1 aliphatic rings. The summed E-state index contributed by atoms with van der Waals surface area (Å²) in [5.74, 6) is 2.05. The molecule has 0 aliphatic carbocycles. The molecule has 0 amide bonds. The molecule has 0 unspecified atom stereocenters. The third-order valence-corrected chi connectivity index (χ3v) is 5.30. The van der Waals surface area contributed by atoms with E-state index in [1.165, 1.54) is 5.56 Å². The fourth-order valence-corrected chi connectivity index (χ4v) is 3.68. The Bertz CT molecular complexity index is 879. The van der Waals surface area contributed by atoms with E-state index in [-0.39, 0.29) is 0 Å². The standard InChI is InChI=1S/C21H22ClN5/c22-18-8-4-5-9-19(18)24-21-25-20(15-23-26-21)27-12-10-17(11-13-27)14-16-6-2-1-3-7-16/h1-9,15,17H,10-14H2,(H,24,25,26). The molecule has 0 atom stereocenters. The van der Waals surface area contributed by atoms with Gasteiger partial charge in [0.1, 0.15) is 0 Å². The van der Waals surface area contributed by atoms with Gasteiger partial charge in [-0.2, -0.15) is 10.1 Å². The predicted octanol–water partition coefficient (Wildman–Crippen LogP) is 4.73. The Morgan fingerprint density at radius 2 is 1.74 bits per heavy atom. The maximum atomic E-state index is 6.20. The molecule has 1 aromatic heterocycles. The number of aromatic nitrogens is 3. The second kappa shape index (κ2) is 8.35. The van der Waals surface area contributed by atoms with Crippen LogP contribution in [-0.4, -0.2) is 28.3 Å². The van der Waals surface area contributed by atoms with Crippen molar-refractivity contribution in [3.63, 3.8) is 0 Å². The van der Waals surface area contributed by atoms with Gasteiger partial charge in [0.2, 0.25) is 5.95 Å². The highest BCUT2D eigenvalue weighted by Gasteiger charge is 2.21. The van der Waals surface area contributed by atoms with Gasteiger partial charge in [0, 0.05) is 13.1 Å². The zero-order valence-corrected chi connectivity index (χ0v) is 15.8. The SMILES string of the molecule is Clc1ccccc1Nc1nncc(N2CCC(Cc3ccccc3)CC2)n1. The topological polar surface area (TPSA) is 53.9 Å². The lowest BCUT2D eigenvalue weighted by Crippen LogP contribution is -2.35. The first-order valence-electron chi connectivity index (χ1n) is 9.28. The maximum absolute atomic E-state index is 6.20. The fourth-order valence-electron chi connectivity index (χ4n) is 3.50. The number of para-hydroxylation sites is 1. The van der Waals surface area contributed by atoms with E-state index in [0.717, 1.165) is 49.8 Å². The Balaban J connectivity index is 1.38. The first-order valence-corrected chi connectivity index (χ1v) is 9.66. The zero-order valence-electron chi connectivity index (χ0n) is 15.1. The molecule has 2 aromatic carbocycles. The molecule has 27 heavy (non-hydrogen) atoms. The molecule has 0 spiro atoms. The summed E-state index contributed by atoms with van der Waals surface area (Å²) in [6, 6.07) is 18.3. The number of halogens is 1. The summed E-state index contributed by atoms with van der Waals surface area (Å²) in [7, 11) is 0. The zero-order chi connectivity index (χ0) is 18.5. The number of anilines is 3. The summed E-state index contributed by atoms with van der Waals surface area (Å²) in [6.45, 7) is 1.98. The van der Waals surface area contributed by atoms with Crippen LogP contribution >= 0.6 is 11.6 Å². The molecule has 0 saturated carbocycles. The Labute approximate surface area is 164 Å². The van der Waals surface area contributed by atoms with Gasteiger partial charge >= 0.3 is 0 Å². The lowest BCUT2D eigenvalue weighted by molar-refractivity contribution is 0.402. The number of nitrogens with one attached hydrogen (secondary N) is 1. The van der Waals surface area contributed by atoms with Crippen molar-refractivity contribution >= 4 is 29.1 Å². The molecular formula is C21H22ClN5. The average Bonchev–Trinajstić information content (AvgIpc) is 2.71. The highest BCUT2D eigenvalue weighted by atomic mass is 35.5. The van der Waals surface area contributed by atoms with Crippen molar-refractivity contribution in [1.82, 2.24) is 15.2 Å². The minimum atomic E-state index is 0.465. The van der Waals surface area contributed by atoms with Crippen LogP contribution in [0.4, 0.5) is 17.5 Å². The molecule has 1 aliphatic heterocycles. The Morgan fingerprint density at radius 1 is 1.00 bits per heavy atom. The molecular weight excluding hydrogens is 358 g/mol. The van der Waals surface area contributed by atoms with Crippen LogP contribution in [0.3, 0.4) is 0 Å². The number of piperidine rings is 1. The normalized spacial score (nSPS) is 14.9. The number of hydrogen-bond acceptors (Lipinski definition) is 5. The summed E-state index contributed by atoms with van der Waals surface area (Å²) in [5, 5.41) is 12.0. The fraction of sp³-hybridized carbons (Fsp3) is 0.286. The highest BCUT2D eigenvalue weighted by molar-refractivity contribution is 6.33. The molecule has 6 heteroatoms. The maximum Gasteiger partial charge on any atom is 0.249 e. The largest absolute Gasteiger partial charge is 0.355 e. The van der Waals surface area contributed by atoms with Gasteiger partial charge in [-0.05, 0) is 42.9 Å². The third kappa shape index (κ3) is 4.55. The number of nitrogens with zero attached hydrogens (tertiary/aromatic N) is 4. The quantitative estimate of drug-likeness (QED) is 0.694. The van der Waals surface area contributed by atoms with E-state index in [1.807, 2.05) is 24.3 Å². The molecule has 5 nitrogen and oxygen atoms in total. The van der Waals surface area contributed by atoms with Crippen LogP contribution in [0.25, 0.3) is 0 Å². The van der Waals surface area contributed by atoms with Crippen LogP contribution in [0.5, 0.6) is 0 Å². The van der Waals surface area contributed by atoms with E-state index in [0.29, 0.717) is 11.0 Å². The van der Waals surface area contributed by atoms with Crippen molar-refractivity contribution < 1.29 is 0 Å². The van der Waals surface area contributed by atoms with Gasteiger partial charge in [0.05, 0.1) is 16.9 Å². The van der Waals surface area contributed by atoms with E-state index in [2.05, 4.69) is 55.7 Å². The first-order chi connectivity index (χ1) is 13.3. The smallest absolute Gasteiger partial charge is 0.249 e. The average molecular weight is 380 g/mol. The van der Waals surface area contributed by atoms with E-state index >= 15 is 0 Å². The predicted molar refractivity (Wildman–Crippen MR) is 110 cm³/mol. The number of rotatable bonds is 5. The van der Waals surface area contributed by atoms with Crippen molar-refractivity contribution in [2.45, 2.75) is 19.3 Å². The number of hydrogen-bond donors (Lipinski definition) is 1. The Kier molecular flexibility index (Phi) is 5.49. The van der Waals surface area contributed by atoms with Crippen LogP contribution < -0.4 is 10.2 Å². The summed E-state index contributed by atoms with van der Waals surface area (Å²) in [4.78, 5) is 6.91. The molecule has 1 saturated heterocycles. The van der Waals surface area contributed by atoms with Crippen molar-refractivity contribution in [1.29, 1.82) is 0 Å². The molecule has 2 heterocycles. The van der Waals surface area contributed by atoms with E-state index in [1.54, 1.807) is 6.20 Å². The van der Waals surface area contributed by atoms with Crippen LogP contribution in [0.1, 0.15) is 18.4 Å². The van der Waals surface area contributed by atoms with Crippen molar-refractivity contribution in [3.8, 4) is 0 Å². The van der Waals surface area contributed by atoms with Crippen LogP contribution in [0, 0.1) is 5.92 Å². The summed E-state index contributed by atoms with van der Waals surface area (Å²) >= 11 is 6.20. The summed E-state index contributed by atoms with van der Waals surface area (Å²) in [6.07, 6.45) is 5.20. The van der Waals surface area contributed by atoms with E-state index in [4.69, 9.17) is 11.6 Å². The Hall–Kier alpha value is -2.66. The van der Waals surface area contributed by atoms with Gasteiger partial charge in [0.15, 0.2) is 5.82 Å². The van der Waals surface area contributed by atoms with Crippen molar-refractivity contribution in [3.05, 3.63) is 71.4 Å². The summed E-state index contributed by atoms with van der Waals surface area (Å²) in [5.41, 5.74) is 2.20. The Morgan fingerprint density at radius 3 is 2.52 bits per heavy atom. The molecule has 3 aromatic rings.